The van der Waals surface area contributed by atoms with Crippen molar-refractivity contribution in [3.63, 3.8) is 0 Å². The fourth-order valence-electron chi connectivity index (χ4n) is 3.11. The summed E-state index contributed by atoms with van der Waals surface area (Å²) in [6.45, 7) is 4.99. The van der Waals surface area contributed by atoms with E-state index < -0.39 is 0 Å². The van der Waals surface area contributed by atoms with Gasteiger partial charge in [0.1, 0.15) is 0 Å². The molecule has 0 bridgehead atoms. The second kappa shape index (κ2) is 7.76. The van der Waals surface area contributed by atoms with Crippen LogP contribution in [0.1, 0.15) is 35.6 Å². The largest absolute Gasteiger partial charge is 0.317 e. The van der Waals surface area contributed by atoms with Gasteiger partial charge in [0, 0.05) is 22.7 Å². The van der Waals surface area contributed by atoms with Gasteiger partial charge in [-0.3, -0.25) is 4.99 Å². The maximum absolute atomic E-state index is 6.26. The number of hydrogen-bond donors (Lipinski definition) is 1. The Labute approximate surface area is 143 Å². The van der Waals surface area contributed by atoms with Gasteiger partial charge in [-0.2, -0.15) is 0 Å². The van der Waals surface area contributed by atoms with Crippen LogP contribution in [0.5, 0.6) is 0 Å². The Hall–Kier alpha value is -1.64. The number of hydrogen-bond acceptors (Lipinski definition) is 2. The first-order chi connectivity index (χ1) is 11.3. The number of fused-ring (bicyclic) bond motifs is 2. The molecule has 0 saturated heterocycles. The van der Waals surface area contributed by atoms with E-state index in [2.05, 4.69) is 48.6 Å². The lowest BCUT2D eigenvalue weighted by Gasteiger charge is -2.11. The van der Waals surface area contributed by atoms with E-state index in [-0.39, 0.29) is 0 Å². The standard InChI is InChI=1S/C20H23ClN2/c1-2-22-12-5-13-23-20-18-7-4-3-6-15(18)8-9-16-10-11-17(21)14-19(16)20/h3-4,6-7,10-11,14,22H,2,5,8-9,12-13H2,1H3. The molecule has 3 heteroatoms. The molecule has 0 saturated carbocycles. The third kappa shape index (κ3) is 3.82. The van der Waals surface area contributed by atoms with Crippen molar-refractivity contribution >= 4 is 17.3 Å². The zero-order valence-corrected chi connectivity index (χ0v) is 14.4. The summed E-state index contributed by atoms with van der Waals surface area (Å²) in [5, 5.41) is 4.14. The van der Waals surface area contributed by atoms with Crippen LogP contribution in [0.3, 0.4) is 0 Å². The van der Waals surface area contributed by atoms with Crippen molar-refractivity contribution < 1.29 is 0 Å². The Bertz CT molecular complexity index is 707. The van der Waals surface area contributed by atoms with E-state index in [1.165, 1.54) is 22.3 Å². The fraction of sp³-hybridized carbons (Fsp3) is 0.350. The highest BCUT2D eigenvalue weighted by molar-refractivity contribution is 6.31. The monoisotopic (exact) mass is 326 g/mol. The summed E-state index contributed by atoms with van der Waals surface area (Å²) in [7, 11) is 0. The van der Waals surface area contributed by atoms with E-state index in [0.29, 0.717) is 0 Å². The molecule has 0 aromatic heterocycles. The first-order valence-electron chi connectivity index (χ1n) is 8.42. The molecule has 0 amide bonds. The summed E-state index contributed by atoms with van der Waals surface area (Å²) >= 11 is 6.26. The van der Waals surface area contributed by atoms with Crippen molar-refractivity contribution in [3.05, 3.63) is 69.7 Å². The predicted octanol–water partition coefficient (Wildman–Crippen LogP) is 4.28. The number of aliphatic imine (C=N–C) groups is 1. The van der Waals surface area contributed by atoms with Gasteiger partial charge in [-0.15, -0.1) is 0 Å². The van der Waals surface area contributed by atoms with Crippen molar-refractivity contribution in [1.29, 1.82) is 0 Å². The molecule has 120 valence electrons. The van der Waals surface area contributed by atoms with Gasteiger partial charge in [-0.05, 0) is 55.6 Å². The smallest absolute Gasteiger partial charge is 0.0724 e. The van der Waals surface area contributed by atoms with Crippen LogP contribution in [-0.4, -0.2) is 25.3 Å². The average molecular weight is 327 g/mol. The SMILES string of the molecule is CCNCCCN=C1c2ccccc2CCc2ccc(Cl)cc21. The Morgan fingerprint density at radius 1 is 1.04 bits per heavy atom. The molecule has 0 spiro atoms. The molecule has 0 radical (unpaired) electrons. The van der Waals surface area contributed by atoms with Gasteiger partial charge in [-0.25, -0.2) is 0 Å². The number of benzene rings is 2. The Balaban J connectivity index is 1.97. The normalized spacial score (nSPS) is 15.1. The van der Waals surface area contributed by atoms with Crippen molar-refractivity contribution in [2.75, 3.05) is 19.6 Å². The minimum Gasteiger partial charge on any atom is -0.317 e. The molecule has 2 aromatic rings. The number of nitrogens with one attached hydrogen (secondary N) is 1. The van der Waals surface area contributed by atoms with E-state index in [1.807, 2.05) is 6.07 Å². The molecular weight excluding hydrogens is 304 g/mol. The second-order valence-electron chi connectivity index (χ2n) is 5.90. The third-order valence-electron chi connectivity index (χ3n) is 4.29. The van der Waals surface area contributed by atoms with Crippen LogP contribution in [0, 0.1) is 0 Å². The van der Waals surface area contributed by atoms with Crippen LogP contribution in [0.2, 0.25) is 5.02 Å². The molecule has 1 aliphatic rings. The van der Waals surface area contributed by atoms with Gasteiger partial charge in [0.25, 0.3) is 0 Å². The molecule has 1 N–H and O–H groups in total. The Morgan fingerprint density at radius 3 is 2.65 bits per heavy atom. The van der Waals surface area contributed by atoms with Gasteiger partial charge in [0.2, 0.25) is 0 Å². The topological polar surface area (TPSA) is 24.4 Å². The summed E-state index contributed by atoms with van der Waals surface area (Å²) < 4.78 is 0. The summed E-state index contributed by atoms with van der Waals surface area (Å²) in [6, 6.07) is 14.8. The number of halogens is 1. The fourth-order valence-corrected chi connectivity index (χ4v) is 3.29. The first kappa shape index (κ1) is 16.2. The van der Waals surface area contributed by atoms with Crippen LogP contribution in [0.15, 0.2) is 47.5 Å². The maximum atomic E-state index is 6.26. The molecule has 0 aliphatic heterocycles. The predicted molar refractivity (Wildman–Crippen MR) is 99.0 cm³/mol. The Kier molecular flexibility index (Phi) is 5.47. The minimum atomic E-state index is 0.781. The number of rotatable bonds is 5. The van der Waals surface area contributed by atoms with Gasteiger partial charge in [0.15, 0.2) is 0 Å². The van der Waals surface area contributed by atoms with Crippen LogP contribution in [0.4, 0.5) is 0 Å². The highest BCUT2D eigenvalue weighted by Gasteiger charge is 2.19. The van der Waals surface area contributed by atoms with Gasteiger partial charge in [0.05, 0.1) is 5.71 Å². The molecular formula is C20H23ClN2. The average Bonchev–Trinajstić information content (AvgIpc) is 2.72. The zero-order chi connectivity index (χ0) is 16.1. The molecule has 2 aromatic carbocycles. The van der Waals surface area contributed by atoms with Gasteiger partial charge >= 0.3 is 0 Å². The van der Waals surface area contributed by atoms with E-state index >= 15 is 0 Å². The molecule has 0 heterocycles. The Morgan fingerprint density at radius 2 is 1.83 bits per heavy atom. The lowest BCUT2D eigenvalue weighted by atomic mass is 9.98. The van der Waals surface area contributed by atoms with Crippen LogP contribution >= 0.6 is 11.6 Å². The van der Waals surface area contributed by atoms with Crippen LogP contribution in [0.25, 0.3) is 0 Å². The van der Waals surface area contributed by atoms with Gasteiger partial charge < -0.3 is 5.32 Å². The summed E-state index contributed by atoms with van der Waals surface area (Å²) in [5.74, 6) is 0. The van der Waals surface area contributed by atoms with Crippen LogP contribution in [-0.2, 0) is 12.8 Å². The van der Waals surface area contributed by atoms with E-state index in [9.17, 15) is 0 Å². The van der Waals surface area contributed by atoms with Crippen molar-refractivity contribution in [1.82, 2.24) is 5.32 Å². The molecule has 0 unspecified atom stereocenters. The van der Waals surface area contributed by atoms with Crippen molar-refractivity contribution in [2.45, 2.75) is 26.2 Å². The third-order valence-corrected chi connectivity index (χ3v) is 4.53. The minimum absolute atomic E-state index is 0.781. The van der Waals surface area contributed by atoms with Crippen molar-refractivity contribution in [3.8, 4) is 0 Å². The molecule has 3 rings (SSSR count). The molecule has 1 aliphatic carbocycles. The molecule has 23 heavy (non-hydrogen) atoms. The lowest BCUT2D eigenvalue weighted by Crippen LogP contribution is -2.15. The van der Waals surface area contributed by atoms with E-state index in [0.717, 1.165) is 49.6 Å². The highest BCUT2D eigenvalue weighted by atomic mass is 35.5. The summed E-state index contributed by atoms with van der Waals surface area (Å²) in [6.07, 6.45) is 3.15. The maximum Gasteiger partial charge on any atom is 0.0724 e. The number of aryl methyl sites for hydroxylation is 2. The quantitative estimate of drug-likeness (QED) is 0.815. The molecule has 0 fully saturated rings. The zero-order valence-electron chi connectivity index (χ0n) is 13.6. The first-order valence-corrected chi connectivity index (χ1v) is 8.79. The second-order valence-corrected chi connectivity index (χ2v) is 6.33. The van der Waals surface area contributed by atoms with Crippen LogP contribution < -0.4 is 5.32 Å². The van der Waals surface area contributed by atoms with E-state index in [4.69, 9.17) is 16.6 Å². The molecule has 2 nitrogen and oxygen atoms in total. The number of nitrogens with zero attached hydrogens (tertiary/aromatic N) is 1. The summed E-state index contributed by atoms with van der Waals surface area (Å²) in [5.41, 5.74) is 6.29. The lowest BCUT2D eigenvalue weighted by molar-refractivity contribution is 0.680. The van der Waals surface area contributed by atoms with Crippen molar-refractivity contribution in [2.24, 2.45) is 4.99 Å². The molecule has 0 atom stereocenters. The van der Waals surface area contributed by atoms with E-state index in [1.54, 1.807) is 0 Å². The van der Waals surface area contributed by atoms with Gasteiger partial charge in [-0.1, -0.05) is 48.9 Å². The highest BCUT2D eigenvalue weighted by Crippen LogP contribution is 2.27. The summed E-state index contributed by atoms with van der Waals surface area (Å²) in [4.78, 5) is 4.96.